The second-order valence-electron chi connectivity index (χ2n) is 3.91. The van der Waals surface area contributed by atoms with E-state index in [1.165, 1.54) is 6.20 Å². The monoisotopic (exact) mass is 210 g/mol. The van der Waals surface area contributed by atoms with E-state index in [0.717, 1.165) is 25.9 Å². The van der Waals surface area contributed by atoms with Gasteiger partial charge in [-0.2, -0.15) is 5.10 Å². The maximum Gasteiger partial charge on any atom is 0.309 e. The van der Waals surface area contributed by atoms with Gasteiger partial charge in [0.05, 0.1) is 4.92 Å². The van der Waals surface area contributed by atoms with Crippen LogP contribution in [0.25, 0.3) is 0 Å². The summed E-state index contributed by atoms with van der Waals surface area (Å²) in [4.78, 5) is 10.3. The molecule has 0 spiro atoms. The highest BCUT2D eigenvalue weighted by atomic mass is 16.6. The Bertz CT molecular complexity index is 344. The molecule has 1 atom stereocenters. The zero-order chi connectivity index (χ0) is 10.7. The molecule has 0 radical (unpaired) electrons. The van der Waals surface area contributed by atoms with Gasteiger partial charge in [0.15, 0.2) is 0 Å². The van der Waals surface area contributed by atoms with Crippen LogP contribution in [0.4, 0.5) is 5.69 Å². The number of piperidine rings is 1. The molecule has 0 saturated carbocycles. The molecular formula is C9H14N4O2. The third-order valence-electron chi connectivity index (χ3n) is 2.78. The predicted octanol–water partition coefficient (Wildman–Crippen LogP) is 0.860. The molecule has 0 aliphatic carbocycles. The zero-order valence-corrected chi connectivity index (χ0v) is 8.40. The molecule has 6 heteroatoms. The van der Waals surface area contributed by atoms with E-state index in [4.69, 9.17) is 0 Å². The Morgan fingerprint density at radius 1 is 1.67 bits per heavy atom. The van der Waals surface area contributed by atoms with Gasteiger partial charge in [0.1, 0.15) is 11.9 Å². The Hall–Kier alpha value is -1.43. The third-order valence-corrected chi connectivity index (χ3v) is 2.78. The molecule has 1 aromatic rings. The number of nitro groups is 1. The molecule has 1 aliphatic rings. The highest BCUT2D eigenvalue weighted by molar-refractivity contribution is 5.32. The minimum atomic E-state index is -0.380. The van der Waals surface area contributed by atoms with Crippen molar-refractivity contribution in [1.82, 2.24) is 15.5 Å². The van der Waals surface area contributed by atoms with Gasteiger partial charge in [-0.1, -0.05) is 0 Å². The highest BCUT2D eigenvalue weighted by Gasteiger charge is 2.21. The maximum atomic E-state index is 10.7. The summed E-state index contributed by atoms with van der Waals surface area (Å²) in [7, 11) is 0. The molecule has 2 rings (SSSR count). The van der Waals surface area contributed by atoms with Crippen molar-refractivity contribution in [2.45, 2.75) is 19.3 Å². The Morgan fingerprint density at radius 2 is 2.53 bits per heavy atom. The van der Waals surface area contributed by atoms with Crippen LogP contribution in [0.3, 0.4) is 0 Å². The Morgan fingerprint density at radius 3 is 3.20 bits per heavy atom. The van der Waals surface area contributed by atoms with Crippen molar-refractivity contribution in [2.24, 2.45) is 5.92 Å². The number of H-pyrrole nitrogens is 1. The van der Waals surface area contributed by atoms with Gasteiger partial charge in [0.25, 0.3) is 0 Å². The molecular weight excluding hydrogens is 196 g/mol. The fourth-order valence-corrected chi connectivity index (χ4v) is 2.00. The first-order chi connectivity index (χ1) is 7.27. The molecule has 2 heterocycles. The number of hydrogen-bond acceptors (Lipinski definition) is 4. The average Bonchev–Trinajstić information content (AvgIpc) is 2.67. The van der Waals surface area contributed by atoms with Crippen LogP contribution in [0, 0.1) is 16.0 Å². The second kappa shape index (κ2) is 4.39. The molecule has 6 nitrogen and oxygen atoms in total. The fourth-order valence-electron chi connectivity index (χ4n) is 2.00. The minimum Gasteiger partial charge on any atom is -0.316 e. The summed E-state index contributed by atoms with van der Waals surface area (Å²) in [6, 6.07) is 0. The van der Waals surface area contributed by atoms with Crippen LogP contribution in [0.15, 0.2) is 6.20 Å². The van der Waals surface area contributed by atoms with Gasteiger partial charge in [-0.15, -0.1) is 0 Å². The van der Waals surface area contributed by atoms with Crippen LogP contribution in [0.1, 0.15) is 18.5 Å². The predicted molar refractivity (Wildman–Crippen MR) is 54.5 cm³/mol. The van der Waals surface area contributed by atoms with Crippen molar-refractivity contribution in [1.29, 1.82) is 0 Å². The van der Waals surface area contributed by atoms with Gasteiger partial charge in [0.2, 0.25) is 0 Å². The number of aromatic nitrogens is 2. The molecule has 1 aliphatic heterocycles. The van der Waals surface area contributed by atoms with Crippen molar-refractivity contribution < 1.29 is 4.92 Å². The van der Waals surface area contributed by atoms with E-state index in [1.807, 2.05) is 0 Å². The lowest BCUT2D eigenvalue weighted by atomic mass is 9.94. The third kappa shape index (κ3) is 2.33. The summed E-state index contributed by atoms with van der Waals surface area (Å²) in [5.74, 6) is 0.484. The normalized spacial score (nSPS) is 21.5. The Balaban J connectivity index is 2.03. The first kappa shape index (κ1) is 10.1. The largest absolute Gasteiger partial charge is 0.316 e. The smallest absolute Gasteiger partial charge is 0.309 e. The molecule has 2 N–H and O–H groups in total. The molecule has 82 valence electrons. The van der Waals surface area contributed by atoms with Crippen LogP contribution in [-0.2, 0) is 6.42 Å². The molecule has 15 heavy (non-hydrogen) atoms. The molecule has 0 amide bonds. The van der Waals surface area contributed by atoms with E-state index in [1.54, 1.807) is 0 Å². The summed E-state index contributed by atoms with van der Waals surface area (Å²) in [6.07, 6.45) is 4.27. The number of nitrogens with zero attached hydrogens (tertiary/aromatic N) is 2. The van der Waals surface area contributed by atoms with Gasteiger partial charge in [-0.3, -0.25) is 15.2 Å². The van der Waals surface area contributed by atoms with Gasteiger partial charge >= 0.3 is 5.69 Å². The van der Waals surface area contributed by atoms with Crippen molar-refractivity contribution in [2.75, 3.05) is 13.1 Å². The molecule has 1 unspecified atom stereocenters. The zero-order valence-electron chi connectivity index (χ0n) is 8.40. The first-order valence-corrected chi connectivity index (χ1v) is 5.14. The Labute approximate surface area is 87.2 Å². The van der Waals surface area contributed by atoms with Gasteiger partial charge in [-0.05, 0) is 31.8 Å². The first-order valence-electron chi connectivity index (χ1n) is 5.14. The number of nitrogens with one attached hydrogen (secondary N) is 2. The van der Waals surface area contributed by atoms with Crippen LogP contribution >= 0.6 is 0 Å². The lowest BCUT2D eigenvalue weighted by molar-refractivity contribution is -0.385. The van der Waals surface area contributed by atoms with Gasteiger partial charge < -0.3 is 5.32 Å². The van der Waals surface area contributed by atoms with Crippen LogP contribution in [0.2, 0.25) is 0 Å². The van der Waals surface area contributed by atoms with E-state index < -0.39 is 0 Å². The van der Waals surface area contributed by atoms with E-state index in [0.29, 0.717) is 18.0 Å². The van der Waals surface area contributed by atoms with Crippen LogP contribution < -0.4 is 5.32 Å². The van der Waals surface area contributed by atoms with Crippen molar-refractivity contribution in [3.63, 3.8) is 0 Å². The summed E-state index contributed by atoms with van der Waals surface area (Å²) < 4.78 is 0. The highest BCUT2D eigenvalue weighted by Crippen LogP contribution is 2.21. The van der Waals surface area contributed by atoms with E-state index in [9.17, 15) is 10.1 Å². The lowest BCUT2D eigenvalue weighted by Crippen LogP contribution is -2.31. The number of hydrogen-bond donors (Lipinski definition) is 2. The SMILES string of the molecule is O=[N+]([O-])c1cn[nH]c1CC1CCCNC1. The number of rotatable bonds is 3. The van der Waals surface area contributed by atoms with Crippen LogP contribution in [-0.4, -0.2) is 28.2 Å². The summed E-state index contributed by atoms with van der Waals surface area (Å²) in [5.41, 5.74) is 0.759. The molecule has 0 aromatic carbocycles. The molecule has 1 saturated heterocycles. The summed E-state index contributed by atoms with van der Waals surface area (Å²) in [5, 5.41) is 20.4. The van der Waals surface area contributed by atoms with E-state index in [-0.39, 0.29) is 10.6 Å². The summed E-state index contributed by atoms with van der Waals surface area (Å²) in [6.45, 7) is 2.00. The van der Waals surface area contributed by atoms with E-state index in [2.05, 4.69) is 15.5 Å². The van der Waals surface area contributed by atoms with Crippen LogP contribution in [0.5, 0.6) is 0 Å². The van der Waals surface area contributed by atoms with Crippen molar-refractivity contribution in [3.05, 3.63) is 22.0 Å². The van der Waals surface area contributed by atoms with Gasteiger partial charge in [0, 0.05) is 6.42 Å². The average molecular weight is 210 g/mol. The Kier molecular flexibility index (Phi) is 2.96. The fraction of sp³-hybridized carbons (Fsp3) is 0.667. The van der Waals surface area contributed by atoms with Crippen molar-refractivity contribution >= 4 is 5.69 Å². The lowest BCUT2D eigenvalue weighted by Gasteiger charge is -2.21. The second-order valence-corrected chi connectivity index (χ2v) is 3.91. The topological polar surface area (TPSA) is 83.8 Å². The summed E-state index contributed by atoms with van der Waals surface area (Å²) >= 11 is 0. The van der Waals surface area contributed by atoms with Gasteiger partial charge in [-0.25, -0.2) is 0 Å². The minimum absolute atomic E-state index is 0.112. The quantitative estimate of drug-likeness (QED) is 0.572. The standard InChI is InChI=1S/C9H14N4O2/c14-13(15)9-6-11-12-8(9)4-7-2-1-3-10-5-7/h6-7,10H,1-5H2,(H,11,12). The molecule has 1 aromatic heterocycles. The molecule has 0 bridgehead atoms. The maximum absolute atomic E-state index is 10.7. The van der Waals surface area contributed by atoms with Crippen molar-refractivity contribution in [3.8, 4) is 0 Å². The number of aromatic amines is 1. The molecule has 1 fully saturated rings. The van der Waals surface area contributed by atoms with E-state index >= 15 is 0 Å².